The van der Waals surface area contributed by atoms with E-state index in [0.29, 0.717) is 13.1 Å². The first-order valence-electron chi connectivity index (χ1n) is 14.6. The van der Waals surface area contributed by atoms with Crippen LogP contribution in [0.4, 0.5) is 0 Å². The third kappa shape index (κ3) is 15.5. The monoisotopic (exact) mass is 871 g/mol. The van der Waals surface area contributed by atoms with Crippen LogP contribution in [-0.2, 0) is 25.0 Å². The van der Waals surface area contributed by atoms with Crippen LogP contribution in [0.1, 0.15) is 48.9 Å². The molecule has 0 fully saturated rings. The van der Waals surface area contributed by atoms with E-state index in [0.717, 1.165) is 74.2 Å². The zero-order valence-corrected chi connectivity index (χ0v) is 31.8. The van der Waals surface area contributed by atoms with E-state index < -0.39 is 0 Å². The van der Waals surface area contributed by atoms with Crippen LogP contribution < -0.4 is 21.1 Å². The number of halogens is 4. The van der Waals surface area contributed by atoms with Gasteiger partial charge in [-0.25, -0.2) is 19.9 Å². The van der Waals surface area contributed by atoms with Gasteiger partial charge in [-0.2, -0.15) is 0 Å². The Balaban J connectivity index is 0.000000213. The number of hydrogen-bond donors (Lipinski definition) is 4. The summed E-state index contributed by atoms with van der Waals surface area (Å²) < 4.78 is 8.35. The predicted molar refractivity (Wildman–Crippen MR) is 195 cm³/mol. The van der Waals surface area contributed by atoms with Gasteiger partial charge in [0.1, 0.15) is 19.9 Å². The van der Waals surface area contributed by atoms with Crippen molar-refractivity contribution in [2.24, 2.45) is 5.73 Å². The number of alkyl halides is 1. The lowest BCUT2D eigenvalue weighted by Crippen LogP contribution is -2.27. The Kier molecular flexibility index (Phi) is 20.5. The van der Waals surface area contributed by atoms with Gasteiger partial charge in [-0.15, -0.1) is 0 Å². The molecule has 0 saturated heterocycles. The minimum absolute atomic E-state index is 0.259. The number of rotatable bonds is 8. The van der Waals surface area contributed by atoms with Gasteiger partial charge < -0.3 is 26.2 Å². The molecule has 0 unspecified atom stereocenters. The van der Waals surface area contributed by atoms with Crippen LogP contribution in [0.15, 0.2) is 87.1 Å². The number of pyridine rings is 4. The maximum absolute atomic E-state index is 9.32. The van der Waals surface area contributed by atoms with Gasteiger partial charge in [0.15, 0.2) is 0 Å². The van der Waals surface area contributed by atoms with Crippen molar-refractivity contribution in [2.45, 2.75) is 63.9 Å². The average molecular weight is 875 g/mol. The number of nitrogens with two attached hydrogens (primary N) is 1. The third-order valence-electron chi connectivity index (χ3n) is 6.31. The van der Waals surface area contributed by atoms with Crippen molar-refractivity contribution in [1.29, 1.82) is 0 Å². The van der Waals surface area contributed by atoms with Crippen LogP contribution in [-0.4, -0.2) is 50.3 Å². The molecule has 0 aromatic carbocycles. The number of hydrogen-bond acceptors (Lipinski definition) is 9. The molecular weight excluding hydrogens is 834 g/mol. The molecule has 0 radical (unpaired) electrons. The number of fused-ring (bicyclic) bond motifs is 1. The summed E-state index contributed by atoms with van der Waals surface area (Å²) in [5.41, 5.74) is 9.86. The van der Waals surface area contributed by atoms with E-state index in [9.17, 15) is 5.11 Å². The third-order valence-corrected chi connectivity index (χ3v) is 9.06. The number of aliphatic hydroxyl groups is 1. The van der Waals surface area contributed by atoms with Gasteiger partial charge in [0.2, 0.25) is 5.88 Å². The molecule has 244 valence electrons. The summed E-state index contributed by atoms with van der Waals surface area (Å²) in [4.78, 5) is 16.3. The number of ether oxygens (including phenoxy) is 1. The highest BCUT2D eigenvalue weighted by Gasteiger charge is 2.15. The Morgan fingerprint density at radius 1 is 0.889 bits per heavy atom. The van der Waals surface area contributed by atoms with Gasteiger partial charge in [-0.05, 0) is 102 Å². The first kappa shape index (κ1) is 39.3. The SMILES string of the molecule is BrCc1cccnc1Br.CC[C@@H](O)CNCc1cccnc1Br.CC[C@@H]1CNCc2cccnc2O1.NCc1cccnc1Br. The summed E-state index contributed by atoms with van der Waals surface area (Å²) >= 11 is 13.3. The van der Waals surface area contributed by atoms with Crippen molar-refractivity contribution < 1.29 is 9.84 Å². The second-order valence-electron chi connectivity index (χ2n) is 9.64. The van der Waals surface area contributed by atoms with Crippen molar-refractivity contribution in [3.63, 3.8) is 0 Å². The fourth-order valence-corrected chi connectivity index (χ4v) is 5.64. The summed E-state index contributed by atoms with van der Waals surface area (Å²) in [7, 11) is 0. The van der Waals surface area contributed by atoms with Gasteiger partial charge in [0.25, 0.3) is 0 Å². The van der Waals surface area contributed by atoms with E-state index in [1.165, 1.54) is 5.56 Å². The van der Waals surface area contributed by atoms with E-state index in [4.69, 9.17) is 10.5 Å². The lowest BCUT2D eigenvalue weighted by Gasteiger charge is -2.13. The van der Waals surface area contributed by atoms with Crippen molar-refractivity contribution in [3.05, 3.63) is 109 Å². The van der Waals surface area contributed by atoms with Crippen LogP contribution >= 0.6 is 63.7 Å². The highest BCUT2D eigenvalue weighted by Crippen LogP contribution is 2.19. The number of aliphatic hydroxyl groups excluding tert-OH is 1. The molecule has 4 aromatic rings. The van der Waals surface area contributed by atoms with Crippen molar-refractivity contribution >= 4 is 63.7 Å². The van der Waals surface area contributed by atoms with Crippen LogP contribution in [0, 0.1) is 0 Å². The lowest BCUT2D eigenvalue weighted by molar-refractivity contribution is 0.167. The van der Waals surface area contributed by atoms with Gasteiger partial charge in [-0.1, -0.05) is 54.0 Å². The normalized spacial score (nSPS) is 14.0. The summed E-state index contributed by atoms with van der Waals surface area (Å²) in [5.74, 6) is 0.791. The minimum Gasteiger partial charge on any atom is -0.473 e. The quantitative estimate of drug-likeness (QED) is 0.108. The first-order valence-corrected chi connectivity index (χ1v) is 18.1. The molecule has 1 aliphatic rings. The van der Waals surface area contributed by atoms with E-state index in [2.05, 4.69) is 101 Å². The molecule has 2 atom stereocenters. The van der Waals surface area contributed by atoms with Crippen molar-refractivity contribution in [3.8, 4) is 5.88 Å². The maximum atomic E-state index is 9.32. The molecule has 13 heteroatoms. The van der Waals surface area contributed by atoms with E-state index >= 15 is 0 Å². The molecule has 5 heterocycles. The Bertz CT molecular complexity index is 1340. The number of aromatic nitrogens is 4. The Hall–Kier alpha value is -1.84. The number of nitrogens with zero attached hydrogens (tertiary/aromatic N) is 4. The van der Waals surface area contributed by atoms with Gasteiger partial charge in [0.05, 0.1) is 6.10 Å². The molecule has 5 N–H and O–H groups in total. The van der Waals surface area contributed by atoms with Gasteiger partial charge in [-0.3, -0.25) is 0 Å². The second-order valence-corrected chi connectivity index (χ2v) is 12.5. The van der Waals surface area contributed by atoms with Crippen LogP contribution in [0.25, 0.3) is 0 Å². The standard InChI is InChI=1S/C10H15BrN2O.C10H14N2O.C6H5Br2N.C6H7BrN2/c1-2-9(14)7-12-6-8-4-3-5-13-10(8)11;1-2-9-7-11-6-8-4-3-5-12-10(8)13-9;7-4-5-2-1-3-9-6(5)8;7-6-5(4-8)2-1-3-9-6/h3-5,9,12,14H,2,6-7H2,1H3;3-5,9,11H,2,6-7H2,1H3;1-3H,4H2;1-3H,4,8H2/t2*9-;;/m11../s1. The molecular formula is C32H41Br4N7O2. The Morgan fingerprint density at radius 3 is 1.93 bits per heavy atom. The Morgan fingerprint density at radius 2 is 1.44 bits per heavy atom. The zero-order chi connectivity index (χ0) is 32.9. The molecule has 0 amide bonds. The fourth-order valence-electron chi connectivity index (χ4n) is 3.62. The molecule has 0 bridgehead atoms. The molecule has 0 saturated carbocycles. The van der Waals surface area contributed by atoms with Crippen LogP contribution in [0.5, 0.6) is 5.88 Å². The molecule has 0 aliphatic carbocycles. The van der Waals surface area contributed by atoms with Crippen LogP contribution in [0.2, 0.25) is 0 Å². The van der Waals surface area contributed by atoms with Crippen molar-refractivity contribution in [1.82, 2.24) is 30.6 Å². The highest BCUT2D eigenvalue weighted by molar-refractivity contribution is 9.11. The lowest BCUT2D eigenvalue weighted by atomic mass is 10.2. The fraction of sp³-hybridized carbons (Fsp3) is 0.375. The molecule has 4 aromatic heterocycles. The smallest absolute Gasteiger partial charge is 0.218 e. The average Bonchev–Trinajstić information content (AvgIpc) is 3.29. The maximum Gasteiger partial charge on any atom is 0.218 e. The molecule has 9 nitrogen and oxygen atoms in total. The first-order chi connectivity index (χ1) is 21.8. The number of nitrogens with one attached hydrogen (secondary N) is 2. The zero-order valence-electron chi connectivity index (χ0n) is 25.5. The Labute approximate surface area is 300 Å². The minimum atomic E-state index is -0.259. The molecule has 5 rings (SSSR count). The highest BCUT2D eigenvalue weighted by atomic mass is 79.9. The van der Waals surface area contributed by atoms with E-state index in [1.807, 2.05) is 55.5 Å². The van der Waals surface area contributed by atoms with Gasteiger partial charge in [0, 0.05) is 68.4 Å². The summed E-state index contributed by atoms with van der Waals surface area (Å²) in [6, 6.07) is 15.6. The van der Waals surface area contributed by atoms with E-state index in [1.54, 1.807) is 24.8 Å². The molecule has 0 spiro atoms. The largest absolute Gasteiger partial charge is 0.473 e. The summed E-state index contributed by atoms with van der Waals surface area (Å²) in [6.45, 7) is 7.75. The molecule has 45 heavy (non-hydrogen) atoms. The van der Waals surface area contributed by atoms with Crippen LogP contribution in [0.3, 0.4) is 0 Å². The van der Waals surface area contributed by atoms with Crippen molar-refractivity contribution in [2.75, 3.05) is 13.1 Å². The molecule has 1 aliphatic heterocycles. The predicted octanol–water partition coefficient (Wildman–Crippen LogP) is 7.09. The summed E-state index contributed by atoms with van der Waals surface area (Å²) in [6.07, 6.45) is 8.80. The topological polar surface area (TPSA) is 131 Å². The van der Waals surface area contributed by atoms with Gasteiger partial charge >= 0.3 is 0 Å². The summed E-state index contributed by atoms with van der Waals surface area (Å²) in [5, 5.41) is 16.7. The van der Waals surface area contributed by atoms with E-state index in [-0.39, 0.29) is 12.2 Å². The second kappa shape index (κ2) is 23.5.